The van der Waals surface area contributed by atoms with Crippen molar-refractivity contribution in [3.8, 4) is 0 Å². The normalized spacial score (nSPS) is 32.5. The van der Waals surface area contributed by atoms with Crippen LogP contribution in [0.4, 0.5) is 0 Å². The minimum absolute atomic E-state index is 0. The Morgan fingerprint density at radius 3 is 1.50 bits per heavy atom. The molecular weight excluding hydrogens is 222 g/mol. The third-order valence-electron chi connectivity index (χ3n) is 4.46. The molecule has 2 aliphatic heterocycles. The molecule has 3 fully saturated rings. The Labute approximate surface area is 114 Å². The van der Waals surface area contributed by atoms with Gasteiger partial charge in [0.1, 0.15) is 0 Å². The summed E-state index contributed by atoms with van der Waals surface area (Å²) in [7, 11) is 4.35. The van der Waals surface area contributed by atoms with Gasteiger partial charge in [0.05, 0.1) is 0 Å². The predicted octanol–water partition coefficient (Wildman–Crippen LogP) is 1.85. The Kier molecular flexibility index (Phi) is 6.09. The molecule has 2 unspecified atom stereocenters. The lowest BCUT2D eigenvalue weighted by atomic mass is 10.3. The van der Waals surface area contributed by atoms with Gasteiger partial charge < -0.3 is 14.7 Å². The van der Waals surface area contributed by atoms with E-state index >= 15 is 0 Å². The summed E-state index contributed by atoms with van der Waals surface area (Å²) in [6.45, 7) is 12.3. The van der Waals surface area contributed by atoms with Crippen LogP contribution >= 0.6 is 0 Å². The standard InChI is InChI=1S/C8H15N.C6H14N2.CH4/c1-6(2)9-4-7-3-8(7)5-9;1-7-3-5-8(2)6-4-7;/h6-8H,3-5H2,1-2H3;3-6H2,1-2H3;1H4. The van der Waals surface area contributed by atoms with Gasteiger partial charge in [0.25, 0.3) is 0 Å². The van der Waals surface area contributed by atoms with E-state index in [1.165, 1.54) is 45.7 Å². The average molecular weight is 255 g/mol. The fraction of sp³-hybridized carbons (Fsp3) is 1.00. The molecule has 2 atom stereocenters. The zero-order valence-electron chi connectivity index (χ0n) is 12.0. The maximum Gasteiger partial charge on any atom is 0.0107 e. The van der Waals surface area contributed by atoms with E-state index in [1.54, 1.807) is 0 Å². The van der Waals surface area contributed by atoms with Crippen LogP contribution in [0.25, 0.3) is 0 Å². The van der Waals surface area contributed by atoms with E-state index in [9.17, 15) is 0 Å². The van der Waals surface area contributed by atoms with Crippen LogP contribution in [0, 0.1) is 11.8 Å². The van der Waals surface area contributed by atoms with Gasteiger partial charge in [-0.3, -0.25) is 0 Å². The summed E-state index contributed by atoms with van der Waals surface area (Å²) in [5.74, 6) is 2.21. The molecule has 0 bridgehead atoms. The number of rotatable bonds is 1. The maximum absolute atomic E-state index is 2.60. The van der Waals surface area contributed by atoms with E-state index in [0.29, 0.717) is 0 Å². The molecule has 18 heavy (non-hydrogen) atoms. The Balaban J connectivity index is 0.000000172. The molecule has 3 nitrogen and oxygen atoms in total. The number of hydrogen-bond acceptors (Lipinski definition) is 3. The van der Waals surface area contributed by atoms with Gasteiger partial charge in [-0.25, -0.2) is 0 Å². The van der Waals surface area contributed by atoms with Crippen molar-refractivity contribution in [2.24, 2.45) is 11.8 Å². The lowest BCUT2D eigenvalue weighted by molar-refractivity contribution is 0.181. The van der Waals surface area contributed by atoms with Crippen molar-refractivity contribution in [1.29, 1.82) is 0 Å². The molecule has 0 aromatic heterocycles. The van der Waals surface area contributed by atoms with Crippen molar-refractivity contribution in [3.63, 3.8) is 0 Å². The topological polar surface area (TPSA) is 9.72 Å². The zero-order chi connectivity index (χ0) is 12.4. The van der Waals surface area contributed by atoms with Crippen LogP contribution in [-0.4, -0.2) is 74.1 Å². The van der Waals surface area contributed by atoms with Gasteiger partial charge in [0, 0.05) is 45.3 Å². The van der Waals surface area contributed by atoms with Gasteiger partial charge in [-0.15, -0.1) is 0 Å². The second kappa shape index (κ2) is 6.88. The van der Waals surface area contributed by atoms with Crippen molar-refractivity contribution < 1.29 is 0 Å². The minimum atomic E-state index is 0. The molecule has 0 radical (unpaired) electrons. The smallest absolute Gasteiger partial charge is 0.0107 e. The molecular formula is C15H33N3. The number of likely N-dealkylation sites (N-methyl/N-ethyl adjacent to an activating group) is 2. The predicted molar refractivity (Wildman–Crippen MR) is 80.0 cm³/mol. The molecule has 2 saturated heterocycles. The van der Waals surface area contributed by atoms with Crippen LogP contribution in [0.3, 0.4) is 0 Å². The number of piperidine rings is 1. The minimum Gasteiger partial charge on any atom is -0.304 e. The first-order chi connectivity index (χ1) is 8.06. The Hall–Kier alpha value is -0.120. The zero-order valence-corrected chi connectivity index (χ0v) is 12.0. The number of piperazine rings is 1. The van der Waals surface area contributed by atoms with Gasteiger partial charge in [0.15, 0.2) is 0 Å². The SMILES string of the molecule is C.CC(C)N1CC2CC2C1.CN1CCN(C)CC1. The second-order valence-corrected chi connectivity index (χ2v) is 6.41. The summed E-state index contributed by atoms with van der Waals surface area (Å²) in [5.41, 5.74) is 0. The molecule has 0 amide bonds. The van der Waals surface area contributed by atoms with Crippen molar-refractivity contribution >= 4 is 0 Å². The van der Waals surface area contributed by atoms with Crippen LogP contribution in [0.15, 0.2) is 0 Å². The highest BCUT2D eigenvalue weighted by molar-refractivity contribution is 4.97. The second-order valence-electron chi connectivity index (χ2n) is 6.41. The molecule has 0 N–H and O–H groups in total. The highest BCUT2D eigenvalue weighted by atomic mass is 15.2. The quantitative estimate of drug-likeness (QED) is 0.708. The molecule has 1 aliphatic carbocycles. The summed E-state index contributed by atoms with van der Waals surface area (Å²) in [6.07, 6.45) is 1.53. The number of nitrogens with zero attached hydrogens (tertiary/aromatic N) is 3. The van der Waals surface area contributed by atoms with Crippen LogP contribution in [-0.2, 0) is 0 Å². The van der Waals surface area contributed by atoms with Crippen molar-refractivity contribution in [2.75, 3.05) is 53.4 Å². The number of fused-ring (bicyclic) bond motifs is 1. The van der Waals surface area contributed by atoms with E-state index < -0.39 is 0 Å². The molecule has 1 saturated carbocycles. The van der Waals surface area contributed by atoms with Crippen molar-refractivity contribution in [3.05, 3.63) is 0 Å². The first kappa shape index (κ1) is 15.9. The van der Waals surface area contributed by atoms with Gasteiger partial charge in [-0.2, -0.15) is 0 Å². The Morgan fingerprint density at radius 2 is 1.22 bits per heavy atom. The summed E-state index contributed by atoms with van der Waals surface area (Å²) >= 11 is 0. The highest BCUT2D eigenvalue weighted by Gasteiger charge is 2.45. The summed E-state index contributed by atoms with van der Waals surface area (Å²) in [6, 6.07) is 0.790. The fourth-order valence-electron chi connectivity index (χ4n) is 2.76. The molecule has 0 spiro atoms. The van der Waals surface area contributed by atoms with Gasteiger partial charge in [0.2, 0.25) is 0 Å². The van der Waals surface area contributed by atoms with Crippen molar-refractivity contribution in [2.45, 2.75) is 33.7 Å². The number of hydrogen-bond donors (Lipinski definition) is 0. The number of likely N-dealkylation sites (tertiary alicyclic amines) is 1. The summed E-state index contributed by atoms with van der Waals surface area (Å²) in [4.78, 5) is 7.32. The van der Waals surface area contributed by atoms with E-state index in [-0.39, 0.29) is 7.43 Å². The molecule has 2 heterocycles. The Morgan fingerprint density at radius 1 is 0.833 bits per heavy atom. The van der Waals surface area contributed by atoms with Crippen LogP contribution < -0.4 is 0 Å². The molecule has 3 aliphatic rings. The van der Waals surface area contributed by atoms with Crippen LogP contribution in [0.2, 0.25) is 0 Å². The maximum atomic E-state index is 2.60. The van der Waals surface area contributed by atoms with Gasteiger partial charge in [-0.05, 0) is 46.2 Å². The average Bonchev–Trinajstić information content (AvgIpc) is 2.91. The largest absolute Gasteiger partial charge is 0.304 e. The first-order valence-corrected chi connectivity index (χ1v) is 7.17. The lowest BCUT2D eigenvalue weighted by Crippen LogP contribution is -2.42. The van der Waals surface area contributed by atoms with E-state index in [2.05, 4.69) is 42.6 Å². The van der Waals surface area contributed by atoms with E-state index in [4.69, 9.17) is 0 Å². The third-order valence-corrected chi connectivity index (χ3v) is 4.46. The fourth-order valence-corrected chi connectivity index (χ4v) is 2.76. The first-order valence-electron chi connectivity index (χ1n) is 7.17. The van der Waals surface area contributed by atoms with Crippen LogP contribution in [0.1, 0.15) is 27.7 Å². The lowest BCUT2D eigenvalue weighted by Gasteiger charge is -2.28. The third kappa shape index (κ3) is 4.52. The summed E-state index contributed by atoms with van der Waals surface area (Å²) in [5, 5.41) is 0. The van der Waals surface area contributed by atoms with E-state index in [1.807, 2.05) is 0 Å². The molecule has 0 aromatic carbocycles. The highest BCUT2D eigenvalue weighted by Crippen LogP contribution is 2.45. The van der Waals surface area contributed by atoms with E-state index in [0.717, 1.165) is 17.9 Å². The van der Waals surface area contributed by atoms with Crippen LogP contribution in [0.5, 0.6) is 0 Å². The molecule has 3 rings (SSSR count). The molecule has 3 heteroatoms. The monoisotopic (exact) mass is 255 g/mol. The summed E-state index contributed by atoms with van der Waals surface area (Å²) < 4.78 is 0. The van der Waals surface area contributed by atoms with Gasteiger partial charge in [-0.1, -0.05) is 7.43 Å². The Bertz CT molecular complexity index is 214. The molecule has 108 valence electrons. The van der Waals surface area contributed by atoms with Gasteiger partial charge >= 0.3 is 0 Å². The van der Waals surface area contributed by atoms with Crippen molar-refractivity contribution in [1.82, 2.24) is 14.7 Å². The molecule has 0 aromatic rings.